The van der Waals surface area contributed by atoms with Crippen molar-refractivity contribution in [3.63, 3.8) is 0 Å². The number of nitrogens with zero attached hydrogens (tertiary/aromatic N) is 2. The highest BCUT2D eigenvalue weighted by molar-refractivity contribution is 5.21. The van der Waals surface area contributed by atoms with Crippen LogP contribution in [0.4, 0.5) is 4.39 Å². The second-order valence-electron chi connectivity index (χ2n) is 5.37. The Morgan fingerprint density at radius 1 is 1.32 bits per heavy atom. The summed E-state index contributed by atoms with van der Waals surface area (Å²) < 4.78 is 13.0. The van der Waals surface area contributed by atoms with Crippen molar-refractivity contribution in [2.75, 3.05) is 33.2 Å². The lowest BCUT2D eigenvalue weighted by molar-refractivity contribution is 0.0521. The predicted octanol–water partition coefficient (Wildman–Crippen LogP) is 1.85. The highest BCUT2D eigenvalue weighted by atomic mass is 19.1. The molecule has 1 heterocycles. The van der Waals surface area contributed by atoms with Gasteiger partial charge in [-0.2, -0.15) is 0 Å². The van der Waals surface area contributed by atoms with Gasteiger partial charge < -0.3 is 10.6 Å². The van der Waals surface area contributed by atoms with Gasteiger partial charge in [0.2, 0.25) is 0 Å². The van der Waals surface area contributed by atoms with E-state index in [-0.39, 0.29) is 11.9 Å². The fourth-order valence-corrected chi connectivity index (χ4v) is 2.95. The molecule has 106 valence electrons. The first-order valence-electron chi connectivity index (χ1n) is 7.05. The van der Waals surface area contributed by atoms with Crippen LogP contribution in [-0.4, -0.2) is 49.1 Å². The minimum atomic E-state index is -0.190. The number of hydrogen-bond donors (Lipinski definition) is 1. The molecular formula is C15H24FN3. The standard InChI is InChI=1S/C15H24FN3/c1-3-14-11-18(2)8-9-19(14)15(10-17)12-4-6-13(16)7-5-12/h4-7,14-15H,3,8-11,17H2,1-2H3. The highest BCUT2D eigenvalue weighted by Gasteiger charge is 2.29. The van der Waals surface area contributed by atoms with Crippen LogP contribution >= 0.6 is 0 Å². The van der Waals surface area contributed by atoms with Crippen LogP contribution in [0.15, 0.2) is 24.3 Å². The number of likely N-dealkylation sites (N-methyl/N-ethyl adjacent to an activating group) is 1. The molecule has 0 bridgehead atoms. The average molecular weight is 265 g/mol. The topological polar surface area (TPSA) is 32.5 Å². The normalized spacial score (nSPS) is 23.5. The first-order valence-corrected chi connectivity index (χ1v) is 7.05. The zero-order chi connectivity index (χ0) is 13.8. The van der Waals surface area contributed by atoms with Crippen molar-refractivity contribution in [2.24, 2.45) is 5.73 Å². The molecule has 1 fully saturated rings. The lowest BCUT2D eigenvalue weighted by Gasteiger charge is -2.44. The van der Waals surface area contributed by atoms with E-state index in [0.717, 1.165) is 31.6 Å². The van der Waals surface area contributed by atoms with Crippen molar-refractivity contribution in [1.29, 1.82) is 0 Å². The maximum atomic E-state index is 13.0. The molecule has 2 unspecified atom stereocenters. The molecule has 2 atom stereocenters. The molecule has 4 heteroatoms. The molecule has 1 aliphatic rings. The van der Waals surface area contributed by atoms with Crippen LogP contribution in [0.25, 0.3) is 0 Å². The molecule has 2 N–H and O–H groups in total. The van der Waals surface area contributed by atoms with Crippen molar-refractivity contribution < 1.29 is 4.39 Å². The van der Waals surface area contributed by atoms with Gasteiger partial charge in [-0.3, -0.25) is 4.90 Å². The summed E-state index contributed by atoms with van der Waals surface area (Å²) in [6.07, 6.45) is 1.11. The monoisotopic (exact) mass is 265 g/mol. The van der Waals surface area contributed by atoms with E-state index in [2.05, 4.69) is 23.8 Å². The van der Waals surface area contributed by atoms with E-state index in [9.17, 15) is 4.39 Å². The molecule has 2 rings (SSSR count). The van der Waals surface area contributed by atoms with Crippen molar-refractivity contribution in [1.82, 2.24) is 9.80 Å². The maximum Gasteiger partial charge on any atom is 0.123 e. The highest BCUT2D eigenvalue weighted by Crippen LogP contribution is 2.25. The summed E-state index contributed by atoms with van der Waals surface area (Å²) in [7, 11) is 2.16. The fraction of sp³-hybridized carbons (Fsp3) is 0.600. The molecule has 19 heavy (non-hydrogen) atoms. The van der Waals surface area contributed by atoms with Crippen molar-refractivity contribution in [3.8, 4) is 0 Å². The Kier molecular flexibility index (Phi) is 4.91. The average Bonchev–Trinajstić information content (AvgIpc) is 2.43. The summed E-state index contributed by atoms with van der Waals surface area (Å²) in [5.41, 5.74) is 7.09. The van der Waals surface area contributed by atoms with Gasteiger partial charge in [0.25, 0.3) is 0 Å². The minimum Gasteiger partial charge on any atom is -0.329 e. The molecule has 0 spiro atoms. The molecule has 0 amide bonds. The fourth-order valence-electron chi connectivity index (χ4n) is 2.95. The van der Waals surface area contributed by atoms with Gasteiger partial charge in [-0.05, 0) is 31.2 Å². The molecular weight excluding hydrogens is 241 g/mol. The second-order valence-corrected chi connectivity index (χ2v) is 5.37. The van der Waals surface area contributed by atoms with Crippen LogP contribution in [0.2, 0.25) is 0 Å². The zero-order valence-electron chi connectivity index (χ0n) is 11.8. The van der Waals surface area contributed by atoms with Gasteiger partial charge in [-0.1, -0.05) is 19.1 Å². The largest absolute Gasteiger partial charge is 0.329 e. The minimum absolute atomic E-state index is 0.190. The first-order chi connectivity index (χ1) is 9.15. The third kappa shape index (κ3) is 3.32. The van der Waals surface area contributed by atoms with Crippen LogP contribution in [0.1, 0.15) is 24.9 Å². The third-order valence-corrected chi connectivity index (χ3v) is 4.08. The van der Waals surface area contributed by atoms with Crippen LogP contribution < -0.4 is 5.73 Å². The molecule has 3 nitrogen and oxygen atoms in total. The Morgan fingerprint density at radius 3 is 2.58 bits per heavy atom. The van der Waals surface area contributed by atoms with Crippen molar-refractivity contribution in [3.05, 3.63) is 35.6 Å². The molecule has 0 saturated carbocycles. The van der Waals surface area contributed by atoms with E-state index in [0.29, 0.717) is 12.6 Å². The number of nitrogens with two attached hydrogens (primary N) is 1. The Hall–Kier alpha value is -0.970. The molecule has 1 aromatic carbocycles. The van der Waals surface area contributed by atoms with E-state index in [1.807, 2.05) is 12.1 Å². The number of hydrogen-bond acceptors (Lipinski definition) is 3. The first kappa shape index (κ1) is 14.4. The second kappa shape index (κ2) is 6.46. The smallest absolute Gasteiger partial charge is 0.123 e. The Bertz CT molecular complexity index is 393. The van der Waals surface area contributed by atoms with Crippen molar-refractivity contribution in [2.45, 2.75) is 25.4 Å². The summed E-state index contributed by atoms with van der Waals surface area (Å²) in [6.45, 7) is 5.96. The van der Waals surface area contributed by atoms with E-state index >= 15 is 0 Å². The summed E-state index contributed by atoms with van der Waals surface area (Å²) >= 11 is 0. The van der Waals surface area contributed by atoms with E-state index < -0.39 is 0 Å². The molecule has 1 saturated heterocycles. The summed E-state index contributed by atoms with van der Waals surface area (Å²) in [6, 6.07) is 7.48. The molecule has 1 aliphatic heterocycles. The number of benzene rings is 1. The van der Waals surface area contributed by atoms with Gasteiger partial charge in [-0.25, -0.2) is 4.39 Å². The zero-order valence-corrected chi connectivity index (χ0v) is 11.8. The summed E-state index contributed by atoms with van der Waals surface area (Å²) in [4.78, 5) is 4.84. The number of halogens is 1. The van der Waals surface area contributed by atoms with E-state index in [1.165, 1.54) is 12.1 Å². The Labute approximate surface area is 115 Å². The van der Waals surface area contributed by atoms with Gasteiger partial charge in [0.15, 0.2) is 0 Å². The van der Waals surface area contributed by atoms with Crippen LogP contribution in [-0.2, 0) is 0 Å². The van der Waals surface area contributed by atoms with Crippen LogP contribution in [0.3, 0.4) is 0 Å². The van der Waals surface area contributed by atoms with Crippen LogP contribution in [0, 0.1) is 5.82 Å². The van der Waals surface area contributed by atoms with E-state index in [4.69, 9.17) is 5.73 Å². The maximum absolute atomic E-state index is 13.0. The summed E-state index contributed by atoms with van der Waals surface area (Å²) in [5, 5.41) is 0. The quantitative estimate of drug-likeness (QED) is 0.902. The number of rotatable bonds is 4. The molecule has 0 radical (unpaired) electrons. The van der Waals surface area contributed by atoms with Crippen molar-refractivity contribution >= 4 is 0 Å². The van der Waals surface area contributed by atoms with Gasteiger partial charge in [0, 0.05) is 38.3 Å². The number of piperazine rings is 1. The Balaban J connectivity index is 2.18. The molecule has 1 aromatic rings. The third-order valence-electron chi connectivity index (χ3n) is 4.08. The van der Waals surface area contributed by atoms with E-state index in [1.54, 1.807) is 0 Å². The Morgan fingerprint density at radius 2 is 2.00 bits per heavy atom. The lowest BCUT2D eigenvalue weighted by Crippen LogP contribution is -2.53. The molecule has 0 aliphatic carbocycles. The van der Waals surface area contributed by atoms with Gasteiger partial charge in [0.1, 0.15) is 5.82 Å². The SMILES string of the molecule is CCC1CN(C)CCN1C(CN)c1ccc(F)cc1. The summed E-state index contributed by atoms with van der Waals surface area (Å²) in [5.74, 6) is -0.190. The van der Waals surface area contributed by atoms with Gasteiger partial charge >= 0.3 is 0 Å². The molecule has 0 aromatic heterocycles. The predicted molar refractivity (Wildman–Crippen MR) is 76.5 cm³/mol. The van der Waals surface area contributed by atoms with Gasteiger partial charge in [-0.15, -0.1) is 0 Å². The lowest BCUT2D eigenvalue weighted by atomic mass is 10.00. The van der Waals surface area contributed by atoms with Crippen LogP contribution in [0.5, 0.6) is 0 Å². The van der Waals surface area contributed by atoms with Gasteiger partial charge in [0.05, 0.1) is 0 Å².